The first kappa shape index (κ1) is 20.5. The summed E-state index contributed by atoms with van der Waals surface area (Å²) in [6.45, 7) is 5.36. The highest BCUT2D eigenvalue weighted by molar-refractivity contribution is 5.23. The van der Waals surface area contributed by atoms with E-state index in [-0.39, 0.29) is 0 Å². The number of ether oxygens (including phenoxy) is 1. The summed E-state index contributed by atoms with van der Waals surface area (Å²) in [5.41, 5.74) is 2.95. The Morgan fingerprint density at radius 1 is 0.960 bits per heavy atom. The average Bonchev–Trinajstić information content (AvgIpc) is 2.67. The number of piperidine rings is 1. The molecule has 1 saturated heterocycles. The highest BCUT2D eigenvalue weighted by Gasteiger charge is 2.11. The van der Waals surface area contributed by atoms with E-state index in [1.807, 2.05) is 0 Å². The Labute approximate surface area is 155 Å². The zero-order valence-corrected chi connectivity index (χ0v) is 16.4. The van der Waals surface area contributed by atoms with Crippen molar-refractivity contribution in [2.24, 2.45) is 0 Å². The molecule has 0 radical (unpaired) electrons. The fraction of sp³-hybridized carbons (Fsp3) is 0.739. The van der Waals surface area contributed by atoms with E-state index in [0.29, 0.717) is 0 Å². The molecule has 0 bridgehead atoms. The Morgan fingerprint density at radius 3 is 2.52 bits per heavy atom. The largest absolute Gasteiger partial charge is 0.381 e. The predicted molar refractivity (Wildman–Crippen MR) is 108 cm³/mol. The third kappa shape index (κ3) is 9.42. The highest BCUT2D eigenvalue weighted by Crippen LogP contribution is 2.14. The number of nitrogens with one attached hydrogen (secondary N) is 1. The molecule has 2 heteroatoms. The Hall–Kier alpha value is -0.860. The van der Waals surface area contributed by atoms with Crippen LogP contribution in [-0.4, -0.2) is 25.8 Å². The molecule has 142 valence electrons. The first-order valence-corrected chi connectivity index (χ1v) is 10.8. The van der Waals surface area contributed by atoms with Gasteiger partial charge in [0.2, 0.25) is 0 Å². The van der Waals surface area contributed by atoms with Crippen molar-refractivity contribution in [3.05, 3.63) is 35.4 Å². The van der Waals surface area contributed by atoms with Gasteiger partial charge in [-0.25, -0.2) is 0 Å². The molecule has 2 nitrogen and oxygen atoms in total. The second-order valence-electron chi connectivity index (χ2n) is 7.59. The van der Waals surface area contributed by atoms with Crippen LogP contribution < -0.4 is 5.32 Å². The third-order valence-corrected chi connectivity index (χ3v) is 5.41. The first-order valence-electron chi connectivity index (χ1n) is 10.8. The maximum atomic E-state index is 5.80. The summed E-state index contributed by atoms with van der Waals surface area (Å²) < 4.78 is 5.80. The van der Waals surface area contributed by atoms with Gasteiger partial charge in [-0.1, -0.05) is 56.9 Å². The fourth-order valence-electron chi connectivity index (χ4n) is 3.76. The number of benzene rings is 1. The van der Waals surface area contributed by atoms with Gasteiger partial charge in [0.15, 0.2) is 0 Å². The molecule has 0 amide bonds. The van der Waals surface area contributed by atoms with Crippen molar-refractivity contribution in [1.82, 2.24) is 5.32 Å². The fourth-order valence-corrected chi connectivity index (χ4v) is 3.76. The molecule has 1 unspecified atom stereocenters. The number of unbranched alkanes of at least 4 members (excludes halogenated alkanes) is 4. The van der Waals surface area contributed by atoms with E-state index >= 15 is 0 Å². The van der Waals surface area contributed by atoms with Crippen LogP contribution in [0.25, 0.3) is 0 Å². The van der Waals surface area contributed by atoms with Crippen LogP contribution in [0.15, 0.2) is 24.3 Å². The molecule has 25 heavy (non-hydrogen) atoms. The van der Waals surface area contributed by atoms with Crippen LogP contribution in [0, 0.1) is 0 Å². The zero-order chi connectivity index (χ0) is 17.6. The lowest BCUT2D eigenvalue weighted by atomic mass is 9.99. The number of aryl methyl sites for hydroxylation is 2. The Bertz CT molecular complexity index is 439. The van der Waals surface area contributed by atoms with Gasteiger partial charge >= 0.3 is 0 Å². The lowest BCUT2D eigenvalue weighted by molar-refractivity contribution is 0.125. The van der Waals surface area contributed by atoms with E-state index in [4.69, 9.17) is 4.74 Å². The van der Waals surface area contributed by atoms with Gasteiger partial charge in [-0.15, -0.1) is 0 Å². The Kier molecular flexibility index (Phi) is 10.9. The van der Waals surface area contributed by atoms with Gasteiger partial charge in [-0.05, 0) is 69.0 Å². The van der Waals surface area contributed by atoms with E-state index in [9.17, 15) is 0 Å². The monoisotopic (exact) mass is 345 g/mol. The van der Waals surface area contributed by atoms with E-state index in [0.717, 1.165) is 25.7 Å². The lowest BCUT2D eigenvalue weighted by Gasteiger charge is -2.23. The first-order chi connectivity index (χ1) is 12.4. The van der Waals surface area contributed by atoms with Gasteiger partial charge in [0, 0.05) is 19.3 Å². The van der Waals surface area contributed by atoms with Gasteiger partial charge in [0.25, 0.3) is 0 Å². The number of hydrogen-bond acceptors (Lipinski definition) is 2. The maximum absolute atomic E-state index is 5.80. The minimum Gasteiger partial charge on any atom is -0.381 e. The van der Waals surface area contributed by atoms with Gasteiger partial charge < -0.3 is 10.1 Å². The van der Waals surface area contributed by atoms with Crippen LogP contribution >= 0.6 is 0 Å². The minimum absolute atomic E-state index is 0.799. The zero-order valence-electron chi connectivity index (χ0n) is 16.4. The van der Waals surface area contributed by atoms with Crippen molar-refractivity contribution in [3.8, 4) is 0 Å². The van der Waals surface area contributed by atoms with Crippen molar-refractivity contribution in [2.75, 3.05) is 19.8 Å². The summed E-state index contributed by atoms with van der Waals surface area (Å²) in [4.78, 5) is 0. The molecule has 0 aliphatic carbocycles. The smallest absolute Gasteiger partial charge is 0.0466 e. The van der Waals surface area contributed by atoms with E-state index < -0.39 is 0 Å². The SMILES string of the molecule is CCc1cccc(CCCCCOCCCCCC2CCCCN2)c1. The molecule has 1 heterocycles. The summed E-state index contributed by atoms with van der Waals surface area (Å²) >= 11 is 0. The Morgan fingerprint density at radius 2 is 1.76 bits per heavy atom. The molecule has 0 aromatic heterocycles. The molecule has 1 aliphatic rings. The standard InChI is InChI=1S/C23H39NO/c1-2-21-13-11-14-22(20-21)12-5-3-9-18-25-19-10-4-6-15-23-16-7-8-17-24-23/h11,13-14,20,23-24H,2-10,12,15-19H2,1H3. The maximum Gasteiger partial charge on any atom is 0.0466 e. The topological polar surface area (TPSA) is 21.3 Å². The molecular formula is C23H39NO. The number of hydrogen-bond donors (Lipinski definition) is 1. The summed E-state index contributed by atoms with van der Waals surface area (Å²) in [6.07, 6.45) is 15.6. The van der Waals surface area contributed by atoms with Crippen LogP contribution in [0.2, 0.25) is 0 Å². The second-order valence-corrected chi connectivity index (χ2v) is 7.59. The summed E-state index contributed by atoms with van der Waals surface area (Å²) in [6, 6.07) is 9.84. The molecule has 0 saturated carbocycles. The van der Waals surface area contributed by atoms with Crippen molar-refractivity contribution < 1.29 is 4.74 Å². The minimum atomic E-state index is 0.799. The van der Waals surface area contributed by atoms with Crippen LogP contribution in [0.3, 0.4) is 0 Å². The van der Waals surface area contributed by atoms with Crippen LogP contribution in [0.5, 0.6) is 0 Å². The molecule has 1 N–H and O–H groups in total. The van der Waals surface area contributed by atoms with E-state index in [2.05, 4.69) is 36.5 Å². The highest BCUT2D eigenvalue weighted by atomic mass is 16.5. The van der Waals surface area contributed by atoms with Gasteiger partial charge in [-0.2, -0.15) is 0 Å². The van der Waals surface area contributed by atoms with Crippen molar-refractivity contribution in [3.63, 3.8) is 0 Å². The van der Waals surface area contributed by atoms with Gasteiger partial charge in [0.1, 0.15) is 0 Å². The second kappa shape index (κ2) is 13.4. The summed E-state index contributed by atoms with van der Waals surface area (Å²) in [7, 11) is 0. The average molecular weight is 346 g/mol. The van der Waals surface area contributed by atoms with Crippen molar-refractivity contribution in [1.29, 1.82) is 0 Å². The lowest BCUT2D eigenvalue weighted by Crippen LogP contribution is -2.33. The van der Waals surface area contributed by atoms with E-state index in [1.54, 1.807) is 0 Å². The molecule has 1 aromatic rings. The van der Waals surface area contributed by atoms with Crippen molar-refractivity contribution >= 4 is 0 Å². The third-order valence-electron chi connectivity index (χ3n) is 5.41. The van der Waals surface area contributed by atoms with Gasteiger partial charge in [-0.3, -0.25) is 0 Å². The van der Waals surface area contributed by atoms with Crippen LogP contribution in [0.4, 0.5) is 0 Å². The summed E-state index contributed by atoms with van der Waals surface area (Å²) in [5, 5.41) is 3.64. The van der Waals surface area contributed by atoms with Crippen LogP contribution in [0.1, 0.15) is 82.3 Å². The predicted octanol–water partition coefficient (Wildman–Crippen LogP) is 5.68. The molecule has 1 aliphatic heterocycles. The number of rotatable bonds is 13. The molecule has 2 rings (SSSR count). The molecule has 0 spiro atoms. The molecule has 1 fully saturated rings. The quantitative estimate of drug-likeness (QED) is 0.464. The Balaban J connectivity index is 1.35. The normalized spacial score (nSPS) is 17.7. The molecule has 1 atom stereocenters. The van der Waals surface area contributed by atoms with Crippen LogP contribution in [-0.2, 0) is 17.6 Å². The van der Waals surface area contributed by atoms with E-state index in [1.165, 1.54) is 88.3 Å². The molecule has 1 aromatic carbocycles. The summed E-state index contributed by atoms with van der Waals surface area (Å²) in [5.74, 6) is 0. The van der Waals surface area contributed by atoms with Crippen molar-refractivity contribution in [2.45, 2.75) is 90.0 Å². The molecular weight excluding hydrogens is 306 g/mol. The van der Waals surface area contributed by atoms with Gasteiger partial charge in [0.05, 0.1) is 0 Å².